The van der Waals surface area contributed by atoms with E-state index < -0.39 is 35.6 Å². The van der Waals surface area contributed by atoms with Crippen LogP contribution < -0.4 is 31.1 Å². The van der Waals surface area contributed by atoms with Gasteiger partial charge in [0.2, 0.25) is 23.5 Å². The highest BCUT2D eigenvalue weighted by Crippen LogP contribution is 2.46. The smallest absolute Gasteiger partial charge is 0.301 e. The molecule has 5 aliphatic rings. The quantitative estimate of drug-likeness (QED) is 0.143. The van der Waals surface area contributed by atoms with Crippen molar-refractivity contribution in [2.75, 3.05) is 54.9 Å². The average molecular weight is 871 g/mol. The van der Waals surface area contributed by atoms with E-state index in [-0.39, 0.29) is 34.2 Å². The highest BCUT2D eigenvalue weighted by atomic mass is 35.5. The third-order valence-electron chi connectivity index (χ3n) is 13.6. The van der Waals surface area contributed by atoms with Gasteiger partial charge in [0.05, 0.1) is 46.2 Å². The second-order valence-electron chi connectivity index (χ2n) is 17.8. The van der Waals surface area contributed by atoms with Crippen LogP contribution in [0.25, 0.3) is 21.8 Å². The number of β-amino-alcohol motifs (C(OH)–C–C–N with tert-alkyl or cyclic N) is 1. The molecular weight excluding hydrogens is 822 g/mol. The first-order valence-corrected chi connectivity index (χ1v) is 21.9. The third kappa shape index (κ3) is 7.40. The van der Waals surface area contributed by atoms with Gasteiger partial charge in [0.25, 0.3) is 5.56 Å². The zero-order chi connectivity index (χ0) is 43.1. The largest absolute Gasteiger partial charge is 0.480 e. The van der Waals surface area contributed by atoms with Crippen molar-refractivity contribution < 1.29 is 28.2 Å². The fraction of sp³-hybridized carbons (Fsp3) is 0.500. The second kappa shape index (κ2) is 15.4. The predicted octanol–water partition coefficient (Wildman–Crippen LogP) is 5.56. The fourth-order valence-electron chi connectivity index (χ4n) is 10.1. The number of ether oxygens (including phenoxy) is 1. The van der Waals surface area contributed by atoms with Gasteiger partial charge in [-0.15, -0.1) is 0 Å². The van der Waals surface area contributed by atoms with E-state index in [1.165, 1.54) is 16.3 Å². The van der Waals surface area contributed by atoms with E-state index in [1.807, 2.05) is 28.8 Å². The molecule has 3 aromatic heterocycles. The van der Waals surface area contributed by atoms with Gasteiger partial charge in [-0.2, -0.15) is 10.1 Å². The van der Waals surface area contributed by atoms with Gasteiger partial charge < -0.3 is 34.8 Å². The summed E-state index contributed by atoms with van der Waals surface area (Å²) < 4.78 is 39.1. The molecule has 3 saturated heterocycles. The Labute approximate surface area is 360 Å². The number of pyridine rings is 1. The molecule has 4 N–H and O–H groups in total. The van der Waals surface area contributed by atoms with Gasteiger partial charge in [-0.05, 0) is 93.6 Å². The van der Waals surface area contributed by atoms with Gasteiger partial charge in [-0.25, -0.2) is 13.8 Å². The monoisotopic (exact) mass is 870 g/mol. The zero-order valence-corrected chi connectivity index (χ0v) is 35.4. The molecule has 4 fully saturated rings. The Morgan fingerprint density at radius 1 is 1.00 bits per heavy atom. The number of nitrogens with zero attached hydrogens (tertiary/aromatic N) is 7. The SMILES string of the molecule is Cn1nc(C2CCC(=O)NC2=O)c2cccc(C3CCN(CC4(O)CCN(c5ncc(Cl)c(Nc6ccc7c(c6)c6c(c(=O)n7C)OCC(F)(F)[C@H](C7CC7)N6)n5)CC4)CC3)c21. The molecule has 2 atom stereocenters. The van der Waals surface area contributed by atoms with E-state index in [2.05, 4.69) is 31.9 Å². The van der Waals surface area contributed by atoms with Crippen molar-refractivity contribution >= 4 is 68.4 Å². The summed E-state index contributed by atoms with van der Waals surface area (Å²) in [7, 11) is 3.51. The molecule has 62 heavy (non-hydrogen) atoms. The Balaban J connectivity index is 0.790. The van der Waals surface area contributed by atoms with E-state index in [4.69, 9.17) is 26.4 Å². The molecular formula is C44H49ClF2N10O5. The van der Waals surface area contributed by atoms with Crippen LogP contribution in [0.1, 0.15) is 74.5 Å². The summed E-state index contributed by atoms with van der Waals surface area (Å²) in [6.07, 6.45) is 6.58. The topological polar surface area (TPSA) is 172 Å². The number of benzene rings is 2. The number of carbonyl (C=O) groups excluding carboxylic acids is 2. The minimum atomic E-state index is -3.15. The number of amides is 2. The van der Waals surface area contributed by atoms with Gasteiger partial charge in [0.1, 0.15) is 5.02 Å². The average Bonchev–Trinajstić information content (AvgIpc) is 4.05. The Kier molecular flexibility index (Phi) is 10.1. The van der Waals surface area contributed by atoms with Crippen molar-refractivity contribution in [1.82, 2.24) is 34.5 Å². The van der Waals surface area contributed by atoms with E-state index in [0.717, 1.165) is 42.5 Å². The van der Waals surface area contributed by atoms with E-state index in [9.17, 15) is 19.5 Å². The molecule has 7 heterocycles. The number of aromatic nitrogens is 5. The number of hydrogen-bond acceptors (Lipinski definition) is 12. The highest BCUT2D eigenvalue weighted by molar-refractivity contribution is 6.33. The van der Waals surface area contributed by atoms with Gasteiger partial charge in [-0.3, -0.25) is 24.4 Å². The minimum absolute atomic E-state index is 0.126. The molecule has 2 amide bonds. The van der Waals surface area contributed by atoms with Crippen molar-refractivity contribution in [3.63, 3.8) is 0 Å². The Morgan fingerprint density at radius 2 is 1.77 bits per heavy atom. The van der Waals surface area contributed by atoms with E-state index in [1.54, 1.807) is 25.2 Å². The Morgan fingerprint density at radius 3 is 2.52 bits per heavy atom. The van der Waals surface area contributed by atoms with Crippen LogP contribution in [-0.4, -0.2) is 103 Å². The summed E-state index contributed by atoms with van der Waals surface area (Å²) in [5.74, 6) is -3.33. The Bertz CT molecular complexity index is 2670. The third-order valence-corrected chi connectivity index (χ3v) is 13.9. The van der Waals surface area contributed by atoms with Crippen LogP contribution >= 0.6 is 11.6 Å². The van der Waals surface area contributed by atoms with Crippen LogP contribution in [-0.2, 0) is 23.7 Å². The van der Waals surface area contributed by atoms with E-state index >= 15 is 8.78 Å². The number of hydrogen-bond donors (Lipinski definition) is 4. The number of aryl methyl sites for hydroxylation is 2. The lowest BCUT2D eigenvalue weighted by Crippen LogP contribution is -2.52. The summed E-state index contributed by atoms with van der Waals surface area (Å²) in [4.78, 5) is 51.5. The Hall–Kier alpha value is -5.39. The number of para-hydroxylation sites is 1. The van der Waals surface area contributed by atoms with Crippen LogP contribution in [0.4, 0.5) is 31.9 Å². The molecule has 10 rings (SSSR count). The van der Waals surface area contributed by atoms with E-state index in [0.29, 0.717) is 92.4 Å². The molecule has 0 bridgehead atoms. The predicted molar refractivity (Wildman–Crippen MR) is 231 cm³/mol. The molecule has 1 unspecified atom stereocenters. The summed E-state index contributed by atoms with van der Waals surface area (Å²) in [5, 5.41) is 27.2. The van der Waals surface area contributed by atoms with Crippen molar-refractivity contribution in [2.24, 2.45) is 20.0 Å². The molecule has 1 aliphatic carbocycles. The highest BCUT2D eigenvalue weighted by Gasteiger charge is 2.51. The van der Waals surface area contributed by atoms with Gasteiger partial charge >= 0.3 is 5.92 Å². The van der Waals surface area contributed by atoms with Gasteiger partial charge in [-0.1, -0.05) is 29.8 Å². The second-order valence-corrected chi connectivity index (χ2v) is 18.2. The summed E-state index contributed by atoms with van der Waals surface area (Å²) in [6, 6.07) is 10.4. The fourth-order valence-corrected chi connectivity index (χ4v) is 10.2. The van der Waals surface area contributed by atoms with Crippen LogP contribution in [0.2, 0.25) is 5.02 Å². The number of anilines is 4. The summed E-state index contributed by atoms with van der Waals surface area (Å²) >= 11 is 6.62. The van der Waals surface area contributed by atoms with Crippen LogP contribution in [0.3, 0.4) is 0 Å². The molecule has 2 aromatic carbocycles. The van der Waals surface area contributed by atoms with Crippen molar-refractivity contribution in [3.05, 3.63) is 69.2 Å². The maximum atomic E-state index is 15.2. The van der Waals surface area contributed by atoms with Gasteiger partial charge in [0.15, 0.2) is 12.4 Å². The molecule has 15 nitrogen and oxygen atoms in total. The molecule has 0 spiro atoms. The number of rotatable bonds is 8. The number of nitrogens with one attached hydrogen (secondary N) is 3. The summed E-state index contributed by atoms with van der Waals surface area (Å²) in [5.41, 5.74) is 2.98. The maximum Gasteiger partial charge on any atom is 0.301 e. The molecule has 18 heteroatoms. The maximum absolute atomic E-state index is 15.2. The van der Waals surface area contributed by atoms with Crippen LogP contribution in [0.15, 0.2) is 47.4 Å². The number of aliphatic hydroxyl groups is 1. The summed E-state index contributed by atoms with van der Waals surface area (Å²) in [6.45, 7) is 2.45. The lowest BCUT2D eigenvalue weighted by molar-refractivity contribution is -0.134. The van der Waals surface area contributed by atoms with Crippen molar-refractivity contribution in [3.8, 4) is 5.75 Å². The van der Waals surface area contributed by atoms with Crippen molar-refractivity contribution in [2.45, 2.75) is 80.8 Å². The number of piperidine rings is 3. The molecule has 0 radical (unpaired) electrons. The normalized spacial score (nSPS) is 23.1. The molecule has 326 valence electrons. The molecule has 1 saturated carbocycles. The number of fused-ring (bicyclic) bond motifs is 4. The first-order valence-electron chi connectivity index (χ1n) is 21.5. The van der Waals surface area contributed by atoms with Crippen molar-refractivity contribution in [1.29, 1.82) is 0 Å². The number of halogens is 3. The molecule has 5 aromatic rings. The zero-order valence-electron chi connectivity index (χ0n) is 34.6. The lowest BCUT2D eigenvalue weighted by atomic mass is 9.85. The van der Waals surface area contributed by atoms with Crippen LogP contribution in [0, 0.1) is 5.92 Å². The standard InChI is InChI=1S/C44H49ClF2N10O5/c1-54-32-10-8-26(20-30(32)35-37(41(54)60)62-23-44(46,47)38(51-35)25-6-7-25)49-39-31(45)21-48-42(52-39)57-18-14-43(61,15-19-57)22-56-16-12-24(13-17-56)27-4-3-5-28-34(53-55(2)36(27)28)29-9-11-33(58)50-40(29)59/h3-5,8,10,20-21,24-25,29,38,51,61H,6-7,9,11-19,22-23H2,1-2H3,(H,48,49,52)(H,50,58,59)/t29?,38-/m0/s1. The van der Waals surface area contributed by atoms with Crippen LogP contribution in [0.5, 0.6) is 5.75 Å². The molecule has 4 aliphatic heterocycles. The number of imide groups is 1. The minimum Gasteiger partial charge on any atom is -0.480 e. The number of likely N-dealkylation sites (tertiary alicyclic amines) is 1. The van der Waals surface area contributed by atoms with Gasteiger partial charge in [0, 0.05) is 56.6 Å². The number of alkyl halides is 2. The first kappa shape index (κ1) is 40.7. The number of carbonyl (C=O) groups is 2. The first-order chi connectivity index (χ1) is 29.7. The lowest BCUT2D eigenvalue weighted by Gasteiger charge is -2.42.